The maximum absolute atomic E-state index is 13.5. The molecule has 0 saturated carbocycles. The van der Waals surface area contributed by atoms with Gasteiger partial charge in [0, 0.05) is 10.8 Å². The first-order chi connectivity index (χ1) is 14.1. The van der Waals surface area contributed by atoms with Crippen LogP contribution in [0.15, 0.2) is 70.6 Å². The van der Waals surface area contributed by atoms with E-state index in [1.165, 1.54) is 0 Å². The Bertz CT molecular complexity index is 1290. The SMILES string of the molecule is O=S(=O)(c1cccc2ccccc12)c1n[nH]c2ccc(OC3CCNCC3)cc12. The molecule has 1 fully saturated rings. The Balaban J connectivity index is 1.59. The molecular weight excluding hydrogens is 386 g/mol. The average molecular weight is 407 g/mol. The molecule has 1 saturated heterocycles. The van der Waals surface area contributed by atoms with Crippen LogP contribution in [0.25, 0.3) is 21.7 Å². The molecule has 0 bridgehead atoms. The third-order valence-electron chi connectivity index (χ3n) is 5.38. The van der Waals surface area contributed by atoms with Crippen molar-refractivity contribution in [3.05, 3.63) is 60.7 Å². The fourth-order valence-electron chi connectivity index (χ4n) is 3.89. The number of aromatic amines is 1. The van der Waals surface area contributed by atoms with Crippen LogP contribution in [-0.2, 0) is 9.84 Å². The van der Waals surface area contributed by atoms with E-state index in [0.29, 0.717) is 22.0 Å². The van der Waals surface area contributed by atoms with Crippen molar-refractivity contribution in [2.45, 2.75) is 28.9 Å². The first-order valence-electron chi connectivity index (χ1n) is 9.71. The first kappa shape index (κ1) is 18.1. The van der Waals surface area contributed by atoms with Gasteiger partial charge in [0.2, 0.25) is 9.84 Å². The molecule has 2 heterocycles. The average Bonchev–Trinajstić information content (AvgIpc) is 3.18. The number of sulfone groups is 1. The van der Waals surface area contributed by atoms with E-state index in [9.17, 15) is 8.42 Å². The maximum atomic E-state index is 13.5. The van der Waals surface area contributed by atoms with E-state index in [0.717, 1.165) is 31.3 Å². The van der Waals surface area contributed by atoms with Gasteiger partial charge in [0.15, 0.2) is 5.03 Å². The summed E-state index contributed by atoms with van der Waals surface area (Å²) in [7, 11) is -3.81. The minimum atomic E-state index is -3.81. The smallest absolute Gasteiger partial charge is 0.226 e. The molecule has 0 unspecified atom stereocenters. The van der Waals surface area contributed by atoms with Gasteiger partial charge in [0.1, 0.15) is 11.9 Å². The largest absolute Gasteiger partial charge is 0.490 e. The monoisotopic (exact) mass is 407 g/mol. The molecule has 3 aromatic carbocycles. The van der Waals surface area contributed by atoms with E-state index in [1.807, 2.05) is 42.5 Å². The predicted octanol–water partition coefficient (Wildman–Crippen LogP) is 3.68. The molecule has 1 aliphatic rings. The van der Waals surface area contributed by atoms with Gasteiger partial charge in [-0.15, -0.1) is 0 Å². The fourth-order valence-corrected chi connectivity index (χ4v) is 5.45. The van der Waals surface area contributed by atoms with E-state index in [2.05, 4.69) is 15.5 Å². The molecule has 4 aromatic rings. The molecule has 0 radical (unpaired) electrons. The van der Waals surface area contributed by atoms with Gasteiger partial charge in [-0.3, -0.25) is 5.10 Å². The van der Waals surface area contributed by atoms with Crippen molar-refractivity contribution in [2.24, 2.45) is 0 Å². The third-order valence-corrected chi connectivity index (χ3v) is 7.14. The summed E-state index contributed by atoms with van der Waals surface area (Å²) in [5, 5.41) is 12.5. The molecule has 0 aliphatic carbocycles. The summed E-state index contributed by atoms with van der Waals surface area (Å²) in [4.78, 5) is 0.258. The number of hydrogen-bond donors (Lipinski definition) is 2. The lowest BCUT2D eigenvalue weighted by Crippen LogP contribution is -2.34. The van der Waals surface area contributed by atoms with E-state index in [1.54, 1.807) is 18.2 Å². The van der Waals surface area contributed by atoms with Gasteiger partial charge in [0.05, 0.1) is 10.4 Å². The molecule has 5 rings (SSSR count). The Hall–Kier alpha value is -2.90. The lowest BCUT2D eigenvalue weighted by atomic mass is 10.1. The number of hydrogen-bond acceptors (Lipinski definition) is 5. The van der Waals surface area contributed by atoms with Crippen LogP contribution in [0.4, 0.5) is 0 Å². The van der Waals surface area contributed by atoms with E-state index >= 15 is 0 Å². The van der Waals surface area contributed by atoms with E-state index in [-0.39, 0.29) is 16.0 Å². The summed E-state index contributed by atoms with van der Waals surface area (Å²) in [6.07, 6.45) is 2.01. The first-order valence-corrected chi connectivity index (χ1v) is 11.2. The minimum absolute atomic E-state index is 0.0274. The highest BCUT2D eigenvalue weighted by Gasteiger charge is 2.26. The quantitative estimate of drug-likeness (QED) is 0.539. The van der Waals surface area contributed by atoms with Crippen LogP contribution in [-0.4, -0.2) is 37.8 Å². The van der Waals surface area contributed by atoms with Gasteiger partial charge < -0.3 is 10.1 Å². The molecule has 0 spiro atoms. The van der Waals surface area contributed by atoms with Gasteiger partial charge in [0.25, 0.3) is 0 Å². The zero-order valence-electron chi connectivity index (χ0n) is 15.8. The number of nitrogens with zero attached hydrogens (tertiary/aromatic N) is 1. The highest BCUT2D eigenvalue weighted by molar-refractivity contribution is 7.91. The summed E-state index contributed by atoms with van der Waals surface area (Å²) < 4.78 is 33.1. The molecule has 0 amide bonds. The molecule has 2 N–H and O–H groups in total. The topological polar surface area (TPSA) is 84.1 Å². The second kappa shape index (κ2) is 7.17. The Labute approximate surface area is 168 Å². The normalized spacial score (nSPS) is 15.7. The highest BCUT2D eigenvalue weighted by atomic mass is 32.2. The summed E-state index contributed by atoms with van der Waals surface area (Å²) in [5.74, 6) is 0.667. The van der Waals surface area contributed by atoms with Gasteiger partial charge >= 0.3 is 0 Å². The van der Waals surface area contributed by atoms with Crippen LogP contribution < -0.4 is 10.1 Å². The second-order valence-corrected chi connectivity index (χ2v) is 9.12. The van der Waals surface area contributed by atoms with Crippen molar-refractivity contribution in [3.63, 3.8) is 0 Å². The highest BCUT2D eigenvalue weighted by Crippen LogP contribution is 2.32. The number of ether oxygens (including phenoxy) is 1. The lowest BCUT2D eigenvalue weighted by Gasteiger charge is -2.23. The van der Waals surface area contributed by atoms with Gasteiger partial charge in [-0.1, -0.05) is 36.4 Å². The van der Waals surface area contributed by atoms with Crippen molar-refractivity contribution in [3.8, 4) is 5.75 Å². The van der Waals surface area contributed by atoms with Crippen LogP contribution in [0.5, 0.6) is 5.75 Å². The third kappa shape index (κ3) is 3.26. The number of rotatable bonds is 4. The molecule has 1 aliphatic heterocycles. The Morgan fingerprint density at radius 1 is 0.931 bits per heavy atom. The van der Waals surface area contributed by atoms with Crippen molar-refractivity contribution >= 4 is 31.5 Å². The fraction of sp³-hybridized carbons (Fsp3) is 0.227. The lowest BCUT2D eigenvalue weighted by molar-refractivity contribution is 0.162. The van der Waals surface area contributed by atoms with Crippen molar-refractivity contribution in [2.75, 3.05) is 13.1 Å². The van der Waals surface area contributed by atoms with Crippen LogP contribution in [0.1, 0.15) is 12.8 Å². The number of benzene rings is 3. The number of nitrogens with one attached hydrogen (secondary N) is 2. The Morgan fingerprint density at radius 2 is 1.72 bits per heavy atom. The number of H-pyrrole nitrogens is 1. The van der Waals surface area contributed by atoms with Gasteiger partial charge in [-0.05, 0) is 55.6 Å². The van der Waals surface area contributed by atoms with Gasteiger partial charge in [-0.2, -0.15) is 5.10 Å². The molecule has 29 heavy (non-hydrogen) atoms. The van der Waals surface area contributed by atoms with Crippen molar-refractivity contribution < 1.29 is 13.2 Å². The van der Waals surface area contributed by atoms with E-state index < -0.39 is 9.84 Å². The minimum Gasteiger partial charge on any atom is -0.490 e. The molecule has 1 aromatic heterocycles. The summed E-state index contributed by atoms with van der Waals surface area (Å²) in [6, 6.07) is 18.2. The number of fused-ring (bicyclic) bond motifs is 2. The number of aromatic nitrogens is 2. The van der Waals surface area contributed by atoms with Crippen molar-refractivity contribution in [1.82, 2.24) is 15.5 Å². The van der Waals surface area contributed by atoms with Crippen molar-refractivity contribution in [1.29, 1.82) is 0 Å². The van der Waals surface area contributed by atoms with Crippen LogP contribution >= 0.6 is 0 Å². The molecular formula is C22H21N3O3S. The van der Waals surface area contributed by atoms with Crippen LogP contribution in [0.3, 0.4) is 0 Å². The van der Waals surface area contributed by atoms with Gasteiger partial charge in [-0.25, -0.2) is 8.42 Å². The molecule has 6 nitrogen and oxygen atoms in total. The molecule has 0 atom stereocenters. The Morgan fingerprint density at radius 3 is 2.59 bits per heavy atom. The standard InChI is InChI=1S/C22H21N3O3S/c26-29(27,21-7-3-5-15-4-1-2-6-18(15)21)22-19-14-17(8-9-20(19)24-25-22)28-16-10-12-23-13-11-16/h1-9,14,16,23H,10-13H2,(H,24,25). The predicted molar refractivity (Wildman–Crippen MR) is 112 cm³/mol. The summed E-state index contributed by atoms with van der Waals surface area (Å²) in [5.41, 5.74) is 0.668. The summed E-state index contributed by atoms with van der Waals surface area (Å²) in [6.45, 7) is 1.86. The zero-order valence-corrected chi connectivity index (χ0v) is 16.6. The maximum Gasteiger partial charge on any atom is 0.226 e. The van der Waals surface area contributed by atoms with Crippen LogP contribution in [0.2, 0.25) is 0 Å². The van der Waals surface area contributed by atoms with Crippen LogP contribution in [0, 0.1) is 0 Å². The Kier molecular flexibility index (Phi) is 4.49. The number of piperidine rings is 1. The zero-order chi connectivity index (χ0) is 19.8. The van der Waals surface area contributed by atoms with E-state index in [4.69, 9.17) is 4.74 Å². The molecule has 148 valence electrons. The molecule has 7 heteroatoms. The second-order valence-electron chi connectivity index (χ2n) is 7.28. The summed E-state index contributed by atoms with van der Waals surface area (Å²) >= 11 is 0.